The number of nitrogens with two attached hydrogens (primary N) is 1. The first kappa shape index (κ1) is 12.4. The highest BCUT2D eigenvalue weighted by molar-refractivity contribution is 5.97. The number of hydrogen-bond acceptors (Lipinski definition) is 3. The first-order chi connectivity index (χ1) is 9.74. The predicted molar refractivity (Wildman–Crippen MR) is 78.1 cm³/mol. The number of anilines is 1. The lowest BCUT2D eigenvalue weighted by Crippen LogP contribution is -2.27. The van der Waals surface area contributed by atoms with Crippen LogP contribution in [0.3, 0.4) is 0 Å². The molecule has 5 heteroatoms. The van der Waals surface area contributed by atoms with E-state index in [-0.39, 0.29) is 5.91 Å². The van der Waals surface area contributed by atoms with Gasteiger partial charge in [0, 0.05) is 11.1 Å². The number of hydrogen-bond donors (Lipinski definition) is 3. The van der Waals surface area contributed by atoms with Gasteiger partial charge in [0.25, 0.3) is 0 Å². The van der Waals surface area contributed by atoms with Gasteiger partial charge in [0.05, 0.1) is 11.7 Å². The molecule has 0 fully saturated rings. The van der Waals surface area contributed by atoms with E-state index in [2.05, 4.69) is 15.5 Å². The van der Waals surface area contributed by atoms with E-state index in [0.717, 1.165) is 16.5 Å². The zero-order valence-electron chi connectivity index (χ0n) is 10.7. The Hall–Kier alpha value is -2.66. The summed E-state index contributed by atoms with van der Waals surface area (Å²) < 4.78 is 0. The third-order valence-corrected chi connectivity index (χ3v) is 3.15. The Morgan fingerprint density at radius 3 is 2.80 bits per heavy atom. The molecule has 100 valence electrons. The maximum absolute atomic E-state index is 12.1. The molecule has 1 amide bonds. The number of nitrogens with one attached hydrogen (secondary N) is 2. The molecule has 0 saturated heterocycles. The fourth-order valence-electron chi connectivity index (χ4n) is 2.05. The van der Waals surface area contributed by atoms with Crippen molar-refractivity contribution in [2.24, 2.45) is 5.73 Å². The van der Waals surface area contributed by atoms with Crippen molar-refractivity contribution in [3.8, 4) is 0 Å². The van der Waals surface area contributed by atoms with Gasteiger partial charge < -0.3 is 11.1 Å². The van der Waals surface area contributed by atoms with Crippen molar-refractivity contribution in [2.75, 3.05) is 5.32 Å². The molecule has 0 saturated carbocycles. The summed E-state index contributed by atoms with van der Waals surface area (Å²) in [6, 6.07) is 14.1. The van der Waals surface area contributed by atoms with Gasteiger partial charge in [-0.15, -0.1) is 0 Å². The molecule has 0 spiro atoms. The summed E-state index contributed by atoms with van der Waals surface area (Å²) >= 11 is 0. The van der Waals surface area contributed by atoms with Crippen molar-refractivity contribution in [3.63, 3.8) is 0 Å². The van der Waals surface area contributed by atoms with Crippen LogP contribution in [0, 0.1) is 0 Å². The highest BCUT2D eigenvalue weighted by Gasteiger charge is 2.15. The second-order valence-corrected chi connectivity index (χ2v) is 4.55. The number of amides is 1. The fraction of sp³-hybridized carbons (Fsp3) is 0.0667. The van der Waals surface area contributed by atoms with Gasteiger partial charge in [-0.3, -0.25) is 9.89 Å². The van der Waals surface area contributed by atoms with E-state index in [1.807, 2.05) is 48.5 Å². The molecule has 0 radical (unpaired) electrons. The van der Waals surface area contributed by atoms with E-state index in [0.29, 0.717) is 5.69 Å². The van der Waals surface area contributed by atoms with Gasteiger partial charge in [0.2, 0.25) is 5.91 Å². The predicted octanol–water partition coefficient (Wildman–Crippen LogP) is 2.20. The molecule has 2 aromatic carbocycles. The number of H-pyrrole nitrogens is 1. The zero-order chi connectivity index (χ0) is 13.9. The SMILES string of the molecule is N[C@@H](C(=O)Nc1ccc2cn[nH]c2c1)c1ccccc1. The number of aromatic nitrogens is 2. The Morgan fingerprint density at radius 2 is 2.00 bits per heavy atom. The normalized spacial score (nSPS) is 12.2. The molecule has 1 heterocycles. The molecule has 1 atom stereocenters. The quantitative estimate of drug-likeness (QED) is 0.679. The molecule has 0 aliphatic heterocycles. The van der Waals surface area contributed by atoms with E-state index in [9.17, 15) is 4.79 Å². The molecule has 0 aliphatic carbocycles. The minimum Gasteiger partial charge on any atom is -0.324 e. The molecule has 0 bridgehead atoms. The number of nitrogens with zero attached hydrogens (tertiary/aromatic N) is 1. The number of rotatable bonds is 3. The standard InChI is InChI=1S/C15H14N4O/c16-14(10-4-2-1-3-5-10)15(20)18-12-7-6-11-9-17-19-13(11)8-12/h1-9,14H,16H2,(H,17,19)(H,18,20)/t14-/m1/s1. The molecule has 5 nitrogen and oxygen atoms in total. The second-order valence-electron chi connectivity index (χ2n) is 4.55. The van der Waals surface area contributed by atoms with Gasteiger partial charge >= 0.3 is 0 Å². The highest BCUT2D eigenvalue weighted by Crippen LogP contribution is 2.18. The molecule has 4 N–H and O–H groups in total. The van der Waals surface area contributed by atoms with Crippen molar-refractivity contribution in [1.82, 2.24) is 10.2 Å². The van der Waals surface area contributed by atoms with Gasteiger partial charge in [0.1, 0.15) is 6.04 Å². The molecule has 0 aliphatic rings. The maximum Gasteiger partial charge on any atom is 0.245 e. The smallest absolute Gasteiger partial charge is 0.245 e. The molecular weight excluding hydrogens is 252 g/mol. The summed E-state index contributed by atoms with van der Waals surface area (Å²) in [4.78, 5) is 12.1. The van der Waals surface area contributed by atoms with Crippen molar-refractivity contribution >= 4 is 22.5 Å². The Labute approximate surface area is 115 Å². The lowest BCUT2D eigenvalue weighted by atomic mass is 10.1. The van der Waals surface area contributed by atoms with Gasteiger partial charge in [0.15, 0.2) is 0 Å². The number of carbonyl (C=O) groups excluding carboxylic acids is 1. The van der Waals surface area contributed by atoms with E-state index in [1.54, 1.807) is 6.20 Å². The molecule has 0 unspecified atom stereocenters. The average molecular weight is 266 g/mol. The van der Waals surface area contributed by atoms with Crippen molar-refractivity contribution in [1.29, 1.82) is 0 Å². The number of benzene rings is 2. The Morgan fingerprint density at radius 1 is 1.20 bits per heavy atom. The van der Waals surface area contributed by atoms with E-state index in [4.69, 9.17) is 5.73 Å². The van der Waals surface area contributed by atoms with Gasteiger partial charge in [-0.1, -0.05) is 30.3 Å². The third-order valence-electron chi connectivity index (χ3n) is 3.15. The number of aromatic amines is 1. The first-order valence-electron chi connectivity index (χ1n) is 6.28. The van der Waals surface area contributed by atoms with Crippen LogP contribution in [-0.4, -0.2) is 16.1 Å². The fourth-order valence-corrected chi connectivity index (χ4v) is 2.05. The van der Waals surface area contributed by atoms with Crippen LogP contribution < -0.4 is 11.1 Å². The topological polar surface area (TPSA) is 83.8 Å². The van der Waals surface area contributed by atoms with Crippen LogP contribution in [0.5, 0.6) is 0 Å². The molecular formula is C15H14N4O. The van der Waals surface area contributed by atoms with Crippen LogP contribution >= 0.6 is 0 Å². The molecule has 20 heavy (non-hydrogen) atoms. The molecule has 1 aromatic heterocycles. The van der Waals surface area contributed by atoms with E-state index >= 15 is 0 Å². The van der Waals surface area contributed by atoms with Gasteiger partial charge in [-0.05, 0) is 23.8 Å². The van der Waals surface area contributed by atoms with Gasteiger partial charge in [-0.2, -0.15) is 5.10 Å². The van der Waals surface area contributed by atoms with E-state index in [1.165, 1.54) is 0 Å². The van der Waals surface area contributed by atoms with E-state index < -0.39 is 6.04 Å². The van der Waals surface area contributed by atoms with Crippen LogP contribution in [0.15, 0.2) is 54.7 Å². The van der Waals surface area contributed by atoms with Crippen LogP contribution in [-0.2, 0) is 4.79 Å². The average Bonchev–Trinajstić information content (AvgIpc) is 2.95. The first-order valence-corrected chi connectivity index (χ1v) is 6.28. The summed E-state index contributed by atoms with van der Waals surface area (Å²) in [7, 11) is 0. The molecule has 3 aromatic rings. The van der Waals surface area contributed by atoms with Crippen molar-refractivity contribution in [2.45, 2.75) is 6.04 Å². The largest absolute Gasteiger partial charge is 0.324 e. The van der Waals surface area contributed by atoms with Crippen LogP contribution in [0.4, 0.5) is 5.69 Å². The number of carbonyl (C=O) groups is 1. The van der Waals surface area contributed by atoms with Crippen LogP contribution in [0.1, 0.15) is 11.6 Å². The summed E-state index contributed by atoms with van der Waals surface area (Å²) in [5.74, 6) is -0.241. The van der Waals surface area contributed by atoms with Crippen LogP contribution in [0.2, 0.25) is 0 Å². The maximum atomic E-state index is 12.1. The van der Waals surface area contributed by atoms with Gasteiger partial charge in [-0.25, -0.2) is 0 Å². The Kier molecular flexibility index (Phi) is 3.18. The highest BCUT2D eigenvalue weighted by atomic mass is 16.2. The minimum atomic E-state index is -0.686. The molecule has 3 rings (SSSR count). The summed E-state index contributed by atoms with van der Waals surface area (Å²) in [5, 5.41) is 10.6. The van der Waals surface area contributed by atoms with Crippen LogP contribution in [0.25, 0.3) is 10.9 Å². The Bertz CT molecular complexity index is 736. The Balaban J connectivity index is 1.78. The third kappa shape index (κ3) is 2.39. The minimum absolute atomic E-state index is 0.241. The lowest BCUT2D eigenvalue weighted by Gasteiger charge is -2.12. The second kappa shape index (κ2) is 5.14. The monoisotopic (exact) mass is 266 g/mol. The lowest BCUT2D eigenvalue weighted by molar-refractivity contribution is -0.117. The van der Waals surface area contributed by atoms with Crippen molar-refractivity contribution < 1.29 is 4.79 Å². The van der Waals surface area contributed by atoms with Crippen molar-refractivity contribution in [3.05, 3.63) is 60.3 Å². The summed E-state index contributed by atoms with van der Waals surface area (Å²) in [5.41, 5.74) is 8.30. The zero-order valence-corrected chi connectivity index (χ0v) is 10.7. The number of fused-ring (bicyclic) bond motifs is 1. The summed E-state index contributed by atoms with van der Waals surface area (Å²) in [6.45, 7) is 0. The summed E-state index contributed by atoms with van der Waals surface area (Å²) in [6.07, 6.45) is 1.73.